The van der Waals surface area contributed by atoms with E-state index in [9.17, 15) is 24.8 Å². The van der Waals surface area contributed by atoms with Gasteiger partial charge in [-0.3, -0.25) is 14.9 Å². The van der Waals surface area contributed by atoms with Gasteiger partial charge in [-0.15, -0.1) is 0 Å². The van der Waals surface area contributed by atoms with Crippen molar-refractivity contribution in [2.24, 2.45) is 4.99 Å². The van der Waals surface area contributed by atoms with Crippen LogP contribution in [0.2, 0.25) is 0 Å². The SMILES string of the molecule is CCOC(=O)c1ccc2c(C(=Nc3ccc(N(C)C(=O)CN(C)C)c([N+](=O)[O-])c3)c3ccccc3)c(O)[nH]c2c1. The molecule has 11 nitrogen and oxygen atoms in total. The van der Waals surface area contributed by atoms with Gasteiger partial charge in [-0.25, -0.2) is 9.79 Å². The smallest absolute Gasteiger partial charge is 0.338 e. The number of nitro groups is 1. The number of aromatic hydroxyl groups is 1. The van der Waals surface area contributed by atoms with Crippen molar-refractivity contribution in [3.8, 4) is 5.88 Å². The second-order valence-corrected chi connectivity index (χ2v) is 9.28. The zero-order valence-corrected chi connectivity index (χ0v) is 22.5. The van der Waals surface area contributed by atoms with Gasteiger partial charge in [0.1, 0.15) is 5.69 Å². The van der Waals surface area contributed by atoms with Crippen LogP contribution in [0.4, 0.5) is 17.1 Å². The lowest BCUT2D eigenvalue weighted by Crippen LogP contribution is -2.35. The zero-order valence-electron chi connectivity index (χ0n) is 22.5. The van der Waals surface area contributed by atoms with E-state index in [1.165, 1.54) is 24.1 Å². The summed E-state index contributed by atoms with van der Waals surface area (Å²) in [4.78, 5) is 46.8. The largest absolute Gasteiger partial charge is 0.494 e. The van der Waals surface area contributed by atoms with Crippen molar-refractivity contribution in [3.63, 3.8) is 0 Å². The van der Waals surface area contributed by atoms with Crippen LogP contribution in [0, 0.1) is 10.1 Å². The first-order valence-electron chi connectivity index (χ1n) is 12.5. The Bertz CT molecular complexity index is 1610. The Hall–Kier alpha value is -5.03. The predicted molar refractivity (Wildman–Crippen MR) is 153 cm³/mol. The zero-order chi connectivity index (χ0) is 29.0. The van der Waals surface area contributed by atoms with E-state index in [-0.39, 0.29) is 42.0 Å². The maximum absolute atomic E-state index is 12.6. The van der Waals surface area contributed by atoms with Crippen molar-refractivity contribution in [1.29, 1.82) is 0 Å². The minimum atomic E-state index is -0.559. The van der Waals surface area contributed by atoms with E-state index in [1.807, 2.05) is 18.2 Å². The lowest BCUT2D eigenvalue weighted by Gasteiger charge is -2.19. The monoisotopic (exact) mass is 543 g/mol. The molecule has 0 aliphatic carbocycles. The third-order valence-corrected chi connectivity index (χ3v) is 6.16. The summed E-state index contributed by atoms with van der Waals surface area (Å²) in [6, 6.07) is 18.3. The third-order valence-electron chi connectivity index (χ3n) is 6.16. The first kappa shape index (κ1) is 28.0. The normalized spacial score (nSPS) is 11.6. The number of nitro benzene ring substituents is 1. The maximum Gasteiger partial charge on any atom is 0.338 e. The first-order valence-corrected chi connectivity index (χ1v) is 12.5. The number of nitrogens with zero attached hydrogens (tertiary/aromatic N) is 4. The molecule has 3 aromatic carbocycles. The van der Waals surface area contributed by atoms with Crippen LogP contribution in [0.3, 0.4) is 0 Å². The number of nitrogens with one attached hydrogen (secondary N) is 1. The Morgan fingerprint density at radius 1 is 1.02 bits per heavy atom. The number of carbonyl (C=O) groups is 2. The third kappa shape index (κ3) is 5.84. The topological polar surface area (TPSA) is 141 Å². The molecule has 11 heteroatoms. The number of H-pyrrole nitrogens is 1. The molecule has 4 aromatic rings. The van der Waals surface area contributed by atoms with Crippen LogP contribution in [0.15, 0.2) is 71.7 Å². The van der Waals surface area contributed by atoms with Gasteiger partial charge in [0.25, 0.3) is 5.69 Å². The fraction of sp³-hybridized carbons (Fsp3) is 0.207. The van der Waals surface area contributed by atoms with Crippen LogP contribution in [-0.2, 0) is 9.53 Å². The summed E-state index contributed by atoms with van der Waals surface area (Å²) in [6.45, 7) is 2.03. The molecule has 206 valence electrons. The number of hydrogen-bond donors (Lipinski definition) is 2. The van der Waals surface area contributed by atoms with E-state index in [0.29, 0.717) is 33.3 Å². The molecule has 1 amide bonds. The second kappa shape index (κ2) is 11.8. The number of esters is 1. The van der Waals surface area contributed by atoms with Crippen LogP contribution >= 0.6 is 0 Å². The van der Waals surface area contributed by atoms with Gasteiger partial charge in [-0.2, -0.15) is 0 Å². The fourth-order valence-corrected chi connectivity index (χ4v) is 4.28. The molecule has 0 spiro atoms. The summed E-state index contributed by atoms with van der Waals surface area (Å²) in [5.74, 6) is -0.975. The minimum absolute atomic E-state index is 0.0867. The summed E-state index contributed by atoms with van der Waals surface area (Å²) >= 11 is 0. The number of aliphatic imine (C=N–C) groups is 1. The number of aromatic amines is 1. The van der Waals surface area contributed by atoms with Crippen molar-refractivity contribution in [2.45, 2.75) is 6.92 Å². The van der Waals surface area contributed by atoms with Crippen LogP contribution < -0.4 is 4.90 Å². The van der Waals surface area contributed by atoms with Crippen molar-refractivity contribution < 1.29 is 24.4 Å². The summed E-state index contributed by atoms with van der Waals surface area (Å²) in [7, 11) is 4.96. The van der Waals surface area contributed by atoms with E-state index in [1.54, 1.807) is 62.3 Å². The van der Waals surface area contributed by atoms with Gasteiger partial charge in [-0.1, -0.05) is 36.4 Å². The standard InChI is InChI=1S/C29H29N5O6/c1-5-40-29(37)19-11-13-21-22(15-19)31-28(36)26(21)27(18-9-7-6-8-10-18)30-20-12-14-23(24(16-20)34(38)39)33(4)25(35)17-32(2)3/h6-16,31,36H,5,17H2,1-4H3. The van der Waals surface area contributed by atoms with Crippen molar-refractivity contribution in [3.05, 3.63) is 93.5 Å². The Labute approximate surface area is 230 Å². The molecular formula is C29H29N5O6. The number of anilines is 1. The van der Waals surface area contributed by atoms with Gasteiger partial charge in [0, 0.05) is 29.6 Å². The molecule has 0 fully saturated rings. The molecule has 0 aliphatic rings. The number of ether oxygens (including phenoxy) is 1. The molecular weight excluding hydrogens is 514 g/mol. The average Bonchev–Trinajstić information content (AvgIpc) is 3.26. The van der Waals surface area contributed by atoms with Gasteiger partial charge in [-0.05, 0) is 45.3 Å². The van der Waals surface area contributed by atoms with Crippen molar-refractivity contribution in [2.75, 3.05) is 39.2 Å². The number of amides is 1. The molecule has 0 saturated heterocycles. The highest BCUT2D eigenvalue weighted by molar-refractivity contribution is 6.22. The summed E-state index contributed by atoms with van der Waals surface area (Å²) in [6.07, 6.45) is 0. The Balaban J connectivity index is 1.86. The summed E-state index contributed by atoms with van der Waals surface area (Å²) in [5, 5.41) is 23.5. The molecule has 1 heterocycles. The molecule has 0 saturated carbocycles. The minimum Gasteiger partial charge on any atom is -0.494 e. The lowest BCUT2D eigenvalue weighted by atomic mass is 10.00. The van der Waals surface area contributed by atoms with Crippen LogP contribution in [0.25, 0.3) is 10.9 Å². The number of hydrogen-bond acceptors (Lipinski definition) is 8. The molecule has 1 aromatic heterocycles. The van der Waals surface area contributed by atoms with Gasteiger partial charge in [0.2, 0.25) is 5.91 Å². The average molecular weight is 544 g/mol. The summed E-state index contributed by atoms with van der Waals surface area (Å²) < 4.78 is 5.08. The van der Waals surface area contributed by atoms with E-state index in [4.69, 9.17) is 9.73 Å². The van der Waals surface area contributed by atoms with E-state index in [2.05, 4.69) is 4.98 Å². The number of aromatic nitrogens is 1. The molecule has 0 unspecified atom stereocenters. The second-order valence-electron chi connectivity index (χ2n) is 9.28. The van der Waals surface area contributed by atoms with Gasteiger partial charge in [0.05, 0.1) is 40.6 Å². The Kier molecular flexibility index (Phi) is 8.25. The van der Waals surface area contributed by atoms with Gasteiger partial charge in [0.15, 0.2) is 5.88 Å². The Morgan fingerprint density at radius 3 is 2.40 bits per heavy atom. The fourth-order valence-electron chi connectivity index (χ4n) is 4.28. The van der Waals surface area contributed by atoms with Crippen LogP contribution in [-0.4, -0.2) is 71.8 Å². The van der Waals surface area contributed by atoms with Crippen molar-refractivity contribution in [1.82, 2.24) is 9.88 Å². The highest BCUT2D eigenvalue weighted by atomic mass is 16.6. The number of fused-ring (bicyclic) bond motifs is 1. The molecule has 0 aliphatic heterocycles. The van der Waals surface area contributed by atoms with Crippen LogP contribution in [0.1, 0.15) is 28.4 Å². The predicted octanol–water partition coefficient (Wildman–Crippen LogP) is 4.65. The molecule has 0 atom stereocenters. The quantitative estimate of drug-likeness (QED) is 0.135. The van der Waals surface area contributed by atoms with Crippen LogP contribution in [0.5, 0.6) is 5.88 Å². The first-order chi connectivity index (χ1) is 19.1. The maximum atomic E-state index is 12.6. The molecule has 4 rings (SSSR count). The summed E-state index contributed by atoms with van der Waals surface area (Å²) in [5.41, 5.74) is 2.28. The molecule has 0 radical (unpaired) electrons. The number of carbonyl (C=O) groups excluding carboxylic acids is 2. The van der Waals surface area contributed by atoms with Gasteiger partial charge >= 0.3 is 5.97 Å². The number of benzene rings is 3. The van der Waals surface area contributed by atoms with Gasteiger partial charge < -0.3 is 24.6 Å². The van der Waals surface area contributed by atoms with E-state index >= 15 is 0 Å². The molecule has 2 N–H and O–H groups in total. The highest BCUT2D eigenvalue weighted by Gasteiger charge is 2.24. The van der Waals surface area contributed by atoms with Crippen molar-refractivity contribution >= 4 is 45.6 Å². The number of likely N-dealkylation sites (N-methyl/N-ethyl adjacent to an activating group) is 2. The highest BCUT2D eigenvalue weighted by Crippen LogP contribution is 2.35. The number of rotatable bonds is 9. The van der Waals surface area contributed by atoms with E-state index in [0.717, 1.165) is 0 Å². The molecule has 0 bridgehead atoms. The Morgan fingerprint density at radius 2 is 1.75 bits per heavy atom. The lowest BCUT2D eigenvalue weighted by molar-refractivity contribution is -0.384. The molecule has 40 heavy (non-hydrogen) atoms. The van der Waals surface area contributed by atoms with E-state index < -0.39 is 10.9 Å².